The topological polar surface area (TPSA) is 35.5 Å². The van der Waals surface area contributed by atoms with Gasteiger partial charge in [0.1, 0.15) is 11.6 Å². The van der Waals surface area contributed by atoms with Gasteiger partial charge in [-0.1, -0.05) is 25.5 Å². The zero-order valence-electron chi connectivity index (χ0n) is 14.3. The summed E-state index contributed by atoms with van der Waals surface area (Å²) in [5.41, 5.74) is 0.395. The summed E-state index contributed by atoms with van der Waals surface area (Å²) in [5.74, 6) is -0.222. The first kappa shape index (κ1) is 32.3. The van der Waals surface area contributed by atoms with Crippen molar-refractivity contribution < 1.29 is 41.6 Å². The predicted molar refractivity (Wildman–Crippen MR) is 97.0 cm³/mol. The van der Waals surface area contributed by atoms with Crippen molar-refractivity contribution in [3.05, 3.63) is 59.9 Å². The zero-order valence-corrected chi connectivity index (χ0v) is 15.1. The van der Waals surface area contributed by atoms with Crippen molar-refractivity contribution in [2.75, 3.05) is 6.61 Å². The van der Waals surface area contributed by atoms with Gasteiger partial charge >= 0.3 is 5.97 Å². The molecular formula is C17H22F6O3S. The summed E-state index contributed by atoms with van der Waals surface area (Å²) in [5, 5.41) is 0. The molecule has 0 spiro atoms. The van der Waals surface area contributed by atoms with Crippen molar-refractivity contribution in [1.82, 2.24) is 0 Å². The van der Waals surface area contributed by atoms with Crippen LogP contribution in [0.3, 0.4) is 0 Å². The lowest BCUT2D eigenvalue weighted by atomic mass is 10.2. The van der Waals surface area contributed by atoms with E-state index in [-0.39, 0.29) is 28.4 Å². The predicted octanol–water partition coefficient (Wildman–Crippen LogP) is 5.63. The van der Waals surface area contributed by atoms with Crippen LogP contribution >= 0.6 is 12.0 Å². The summed E-state index contributed by atoms with van der Waals surface area (Å²) in [4.78, 5) is 12.2. The molecule has 0 aliphatic carbocycles. The Bertz CT molecular complexity index is 628. The van der Waals surface area contributed by atoms with Gasteiger partial charge in [0, 0.05) is 0 Å². The molecule has 156 valence electrons. The Balaban J connectivity index is -0.000000529. The van der Waals surface area contributed by atoms with Gasteiger partial charge in [-0.25, -0.2) is 9.18 Å². The lowest BCUT2D eigenvalue weighted by molar-refractivity contribution is 0.0768. The van der Waals surface area contributed by atoms with E-state index in [2.05, 4.69) is 6.92 Å². The molecule has 3 nitrogen and oxygen atoms in total. The van der Waals surface area contributed by atoms with Gasteiger partial charge in [0.05, 0.1) is 29.1 Å². The van der Waals surface area contributed by atoms with Crippen molar-refractivity contribution in [3.8, 4) is 5.75 Å². The van der Waals surface area contributed by atoms with Gasteiger partial charge in [-0.2, -0.15) is 0 Å². The fourth-order valence-electron chi connectivity index (χ4n) is 1.66. The minimum atomic E-state index is -0.520. The fourth-order valence-corrected chi connectivity index (χ4v) is 2.21. The highest BCUT2D eigenvalue weighted by atomic mass is 32.2. The van der Waals surface area contributed by atoms with Crippen LogP contribution in [0.2, 0.25) is 0 Å². The van der Waals surface area contributed by atoms with E-state index < -0.39 is 11.8 Å². The maximum atomic E-state index is 13.4. The Morgan fingerprint density at radius 1 is 0.963 bits per heavy atom. The number of hydrogen-bond acceptors (Lipinski definition) is 4. The van der Waals surface area contributed by atoms with Gasteiger partial charge in [-0.15, -0.1) is 0 Å². The molecule has 0 saturated carbocycles. The summed E-state index contributed by atoms with van der Waals surface area (Å²) in [7, 11) is 0. The maximum absolute atomic E-state index is 13.4. The first-order valence-electron chi connectivity index (χ1n) is 7.07. The largest absolute Gasteiger partial charge is 0.494 e. The first-order chi connectivity index (χ1) is 10.7. The molecule has 2 aromatic rings. The standard InChI is InChI=1S/C17H17FO3S.5FH/c1-2-3-12-20-14-10-8-13(9-11-14)17(19)21-22-16-7-5-4-6-15(16)18;;;;;/h4-11H,2-3,12H2,1H3;5*1H. The van der Waals surface area contributed by atoms with Crippen LogP contribution in [-0.4, -0.2) is 12.6 Å². The van der Waals surface area contributed by atoms with Crippen LogP contribution in [0.5, 0.6) is 5.75 Å². The van der Waals surface area contributed by atoms with Gasteiger partial charge in [-0.05, 0) is 42.8 Å². The first-order valence-corrected chi connectivity index (χ1v) is 7.81. The zero-order chi connectivity index (χ0) is 15.8. The van der Waals surface area contributed by atoms with E-state index in [1.807, 2.05) is 0 Å². The van der Waals surface area contributed by atoms with Crippen molar-refractivity contribution in [3.63, 3.8) is 0 Å². The second kappa shape index (κ2) is 17.1. The number of carbonyl (C=O) groups excluding carboxylic acids is 1. The monoisotopic (exact) mass is 420 g/mol. The summed E-state index contributed by atoms with van der Waals surface area (Å²) >= 11 is 0.715. The minimum Gasteiger partial charge on any atom is -0.494 e. The van der Waals surface area contributed by atoms with Crippen LogP contribution in [0.25, 0.3) is 0 Å². The van der Waals surface area contributed by atoms with E-state index in [0.717, 1.165) is 12.8 Å². The number of hydrogen-bond donors (Lipinski definition) is 0. The number of carbonyl (C=O) groups is 1. The molecule has 10 heteroatoms. The number of unbranched alkanes of at least 4 members (excludes halogenated alkanes) is 1. The van der Waals surface area contributed by atoms with Crippen LogP contribution in [0.4, 0.5) is 27.9 Å². The van der Waals surface area contributed by atoms with E-state index in [1.165, 1.54) is 6.07 Å². The van der Waals surface area contributed by atoms with E-state index in [0.29, 0.717) is 30.0 Å². The molecule has 0 unspecified atom stereocenters. The molecule has 2 rings (SSSR count). The molecule has 0 radical (unpaired) electrons. The molecule has 0 amide bonds. The molecular weight excluding hydrogens is 398 g/mol. The smallest absolute Gasteiger partial charge is 0.350 e. The Hall–Kier alpha value is -2.36. The van der Waals surface area contributed by atoms with Gasteiger partial charge in [0.25, 0.3) is 0 Å². The van der Waals surface area contributed by atoms with Crippen LogP contribution < -0.4 is 4.74 Å². The van der Waals surface area contributed by atoms with Gasteiger partial charge < -0.3 is 8.92 Å². The van der Waals surface area contributed by atoms with Gasteiger partial charge in [-0.3, -0.25) is 23.5 Å². The highest BCUT2D eigenvalue weighted by Gasteiger charge is 2.10. The Morgan fingerprint density at radius 3 is 2.11 bits per heavy atom. The van der Waals surface area contributed by atoms with Crippen LogP contribution in [-0.2, 0) is 4.18 Å². The van der Waals surface area contributed by atoms with E-state index >= 15 is 0 Å². The molecule has 0 bridgehead atoms. The summed E-state index contributed by atoms with van der Waals surface area (Å²) < 4.78 is 24.0. The molecule has 0 N–H and O–H groups in total. The normalized spacial score (nSPS) is 8.37. The Kier molecular flexibility index (Phi) is 20.4. The highest BCUT2D eigenvalue weighted by molar-refractivity contribution is 7.95. The second-order valence-electron chi connectivity index (χ2n) is 4.61. The molecule has 0 atom stereocenters. The molecule has 27 heavy (non-hydrogen) atoms. The number of ether oxygens (including phenoxy) is 1. The summed E-state index contributed by atoms with van der Waals surface area (Å²) in [6.45, 7) is 2.75. The fraction of sp³-hybridized carbons (Fsp3) is 0.235. The van der Waals surface area contributed by atoms with Crippen LogP contribution in [0.1, 0.15) is 30.1 Å². The van der Waals surface area contributed by atoms with Crippen molar-refractivity contribution in [1.29, 1.82) is 0 Å². The van der Waals surface area contributed by atoms with E-state index in [4.69, 9.17) is 8.92 Å². The van der Waals surface area contributed by atoms with Gasteiger partial charge in [0.2, 0.25) is 0 Å². The summed E-state index contributed by atoms with van der Waals surface area (Å²) in [6, 6.07) is 12.8. The maximum Gasteiger partial charge on any atom is 0.350 e. The van der Waals surface area contributed by atoms with Gasteiger partial charge in [0.15, 0.2) is 0 Å². The quantitative estimate of drug-likeness (QED) is 0.330. The molecule has 0 aliphatic rings. The molecule has 0 saturated heterocycles. The minimum absolute atomic E-state index is 0. The SMILES string of the molecule is CCCCOc1ccc(C(=O)OSc2ccccc2F)cc1.F.F.F.F.F. The van der Waals surface area contributed by atoms with Crippen LogP contribution in [0, 0.1) is 5.82 Å². The number of halogens is 6. The third kappa shape index (κ3) is 10.4. The average Bonchev–Trinajstić information content (AvgIpc) is 2.55. The number of benzene rings is 2. The van der Waals surface area contributed by atoms with Crippen molar-refractivity contribution in [2.45, 2.75) is 24.7 Å². The molecule has 2 aromatic carbocycles. The summed E-state index contributed by atoms with van der Waals surface area (Å²) in [6.07, 6.45) is 2.06. The van der Waals surface area contributed by atoms with E-state index in [1.54, 1.807) is 42.5 Å². The van der Waals surface area contributed by atoms with E-state index in [9.17, 15) is 9.18 Å². The lowest BCUT2D eigenvalue weighted by Crippen LogP contribution is -2.01. The second-order valence-corrected chi connectivity index (χ2v) is 5.38. The Labute approximate surface area is 157 Å². The average molecular weight is 420 g/mol. The molecule has 0 aliphatic heterocycles. The molecule has 0 fully saturated rings. The van der Waals surface area contributed by atoms with Crippen LogP contribution in [0.15, 0.2) is 53.4 Å². The Morgan fingerprint density at radius 2 is 1.56 bits per heavy atom. The third-order valence-corrected chi connectivity index (χ3v) is 3.65. The molecule has 0 aromatic heterocycles. The highest BCUT2D eigenvalue weighted by Crippen LogP contribution is 2.24. The van der Waals surface area contributed by atoms with Crippen molar-refractivity contribution in [2.24, 2.45) is 0 Å². The lowest BCUT2D eigenvalue weighted by Gasteiger charge is -2.06. The van der Waals surface area contributed by atoms with Crippen molar-refractivity contribution >= 4 is 18.0 Å². The third-order valence-electron chi connectivity index (χ3n) is 2.90. The number of rotatable bonds is 7. The molecule has 0 heterocycles.